The van der Waals surface area contributed by atoms with Gasteiger partial charge in [0.1, 0.15) is 11.6 Å². The van der Waals surface area contributed by atoms with Crippen LogP contribution in [0.1, 0.15) is 12.5 Å². The predicted molar refractivity (Wildman–Crippen MR) is 46.6 cm³/mol. The van der Waals surface area contributed by atoms with E-state index in [0.29, 0.717) is 0 Å². The highest BCUT2D eigenvalue weighted by atomic mass is 79.9. The van der Waals surface area contributed by atoms with Gasteiger partial charge in [-0.3, -0.25) is 0 Å². The first-order chi connectivity index (χ1) is 5.52. The molecular weight excluding hydrogens is 228 g/mol. The summed E-state index contributed by atoms with van der Waals surface area (Å²) in [6, 6.07) is 2.02. The number of rotatable bonds is 1. The van der Waals surface area contributed by atoms with Crippen molar-refractivity contribution in [3.05, 3.63) is 33.8 Å². The summed E-state index contributed by atoms with van der Waals surface area (Å²) in [4.78, 5) is 0. The molecule has 1 N–H and O–H groups in total. The summed E-state index contributed by atoms with van der Waals surface area (Å²) in [5.74, 6) is -1.36. The van der Waals surface area contributed by atoms with Crippen LogP contribution >= 0.6 is 15.9 Å². The highest BCUT2D eigenvalue weighted by Gasteiger charge is 2.08. The number of hydrogen-bond donors (Lipinski definition) is 1. The minimum atomic E-state index is -0.705. The molecule has 0 aliphatic rings. The van der Waals surface area contributed by atoms with Gasteiger partial charge in [-0.2, -0.15) is 0 Å². The lowest BCUT2D eigenvalue weighted by atomic mass is 10.1. The van der Waals surface area contributed by atoms with E-state index in [0.717, 1.165) is 6.07 Å². The Morgan fingerprint density at radius 2 is 1.92 bits per heavy atom. The lowest BCUT2D eigenvalue weighted by molar-refractivity contribution is 0.577. The Balaban J connectivity index is 3.33. The third-order valence-corrected chi connectivity index (χ3v) is 2.02. The molecule has 0 aliphatic heterocycles. The summed E-state index contributed by atoms with van der Waals surface area (Å²) in [6.45, 7) is 1.45. The lowest BCUT2D eigenvalue weighted by Gasteiger charge is -2.01. The van der Waals surface area contributed by atoms with Crippen molar-refractivity contribution in [3.8, 4) is 0 Å². The van der Waals surface area contributed by atoms with Crippen molar-refractivity contribution in [1.82, 2.24) is 0 Å². The van der Waals surface area contributed by atoms with Crippen LogP contribution in [-0.2, 0) is 0 Å². The molecule has 0 aliphatic carbocycles. The Morgan fingerprint density at radius 1 is 1.33 bits per heavy atom. The molecule has 1 rings (SSSR count). The van der Waals surface area contributed by atoms with Gasteiger partial charge in [-0.05, 0) is 28.9 Å². The third-order valence-electron chi connectivity index (χ3n) is 1.41. The van der Waals surface area contributed by atoms with E-state index < -0.39 is 11.6 Å². The second-order valence-corrected chi connectivity index (χ2v) is 3.23. The van der Waals surface area contributed by atoms with Gasteiger partial charge in [0.2, 0.25) is 0 Å². The molecule has 64 valence electrons. The van der Waals surface area contributed by atoms with Gasteiger partial charge in [0, 0.05) is 17.3 Å². The van der Waals surface area contributed by atoms with E-state index in [4.69, 9.17) is 5.41 Å². The maximum atomic E-state index is 12.9. The number of nitrogens with one attached hydrogen (secondary N) is 1. The highest BCUT2D eigenvalue weighted by molar-refractivity contribution is 9.10. The van der Waals surface area contributed by atoms with Gasteiger partial charge < -0.3 is 5.41 Å². The Labute approximate surface area is 77.0 Å². The quantitative estimate of drug-likeness (QED) is 0.570. The topological polar surface area (TPSA) is 23.9 Å². The molecule has 0 bridgehead atoms. The van der Waals surface area contributed by atoms with E-state index in [-0.39, 0.29) is 15.7 Å². The van der Waals surface area contributed by atoms with Gasteiger partial charge in [-0.25, -0.2) is 8.78 Å². The third kappa shape index (κ3) is 1.69. The minimum absolute atomic E-state index is 0.0770. The van der Waals surface area contributed by atoms with Gasteiger partial charge in [0.15, 0.2) is 0 Å². The summed E-state index contributed by atoms with van der Waals surface area (Å²) < 4.78 is 25.7. The fourth-order valence-electron chi connectivity index (χ4n) is 0.810. The average molecular weight is 234 g/mol. The number of benzene rings is 1. The molecule has 1 aromatic rings. The standard InChI is InChI=1S/C8H6BrF2N/c1-4(12)5-2-6(9)8(11)3-7(5)10/h2-3,12H,1H3. The summed E-state index contributed by atoms with van der Waals surface area (Å²) in [6.07, 6.45) is 0. The molecule has 4 heteroatoms. The molecule has 0 fully saturated rings. The molecule has 0 atom stereocenters. The van der Waals surface area contributed by atoms with Crippen LogP contribution in [-0.4, -0.2) is 5.71 Å². The fraction of sp³-hybridized carbons (Fsp3) is 0.125. The number of hydrogen-bond acceptors (Lipinski definition) is 1. The van der Waals surface area contributed by atoms with Gasteiger partial charge in [0.05, 0.1) is 4.47 Å². The monoisotopic (exact) mass is 233 g/mol. The van der Waals surface area contributed by atoms with E-state index in [9.17, 15) is 8.78 Å². The molecule has 0 radical (unpaired) electrons. The summed E-state index contributed by atoms with van der Waals surface area (Å²) in [5, 5.41) is 7.16. The van der Waals surface area contributed by atoms with Crippen LogP contribution < -0.4 is 0 Å². The van der Waals surface area contributed by atoms with Crippen molar-refractivity contribution in [1.29, 1.82) is 5.41 Å². The van der Waals surface area contributed by atoms with Crippen LogP contribution in [0.4, 0.5) is 8.78 Å². The van der Waals surface area contributed by atoms with E-state index in [2.05, 4.69) is 15.9 Å². The van der Waals surface area contributed by atoms with Gasteiger partial charge in [-0.1, -0.05) is 0 Å². The van der Waals surface area contributed by atoms with Crippen LogP contribution in [0.2, 0.25) is 0 Å². The Kier molecular flexibility index (Phi) is 2.57. The number of halogens is 3. The maximum Gasteiger partial charge on any atom is 0.140 e. The van der Waals surface area contributed by atoms with Gasteiger partial charge in [-0.15, -0.1) is 0 Å². The van der Waals surface area contributed by atoms with Crippen molar-refractivity contribution in [3.63, 3.8) is 0 Å². The highest BCUT2D eigenvalue weighted by Crippen LogP contribution is 2.20. The van der Waals surface area contributed by atoms with Crippen molar-refractivity contribution in [2.45, 2.75) is 6.92 Å². The summed E-state index contributed by atoms with van der Waals surface area (Å²) in [7, 11) is 0. The zero-order valence-electron chi connectivity index (χ0n) is 6.29. The molecule has 0 unspecified atom stereocenters. The second kappa shape index (κ2) is 3.31. The van der Waals surface area contributed by atoms with Crippen LogP contribution in [0.3, 0.4) is 0 Å². The van der Waals surface area contributed by atoms with Crippen molar-refractivity contribution >= 4 is 21.6 Å². The molecule has 1 aromatic carbocycles. The zero-order chi connectivity index (χ0) is 9.30. The zero-order valence-corrected chi connectivity index (χ0v) is 7.87. The molecular formula is C8H6BrF2N. The Morgan fingerprint density at radius 3 is 2.42 bits per heavy atom. The minimum Gasteiger partial charge on any atom is -0.305 e. The largest absolute Gasteiger partial charge is 0.305 e. The lowest BCUT2D eigenvalue weighted by Crippen LogP contribution is -1.98. The predicted octanol–water partition coefficient (Wildman–Crippen LogP) is 3.12. The second-order valence-electron chi connectivity index (χ2n) is 2.37. The Bertz CT molecular complexity index is 336. The molecule has 12 heavy (non-hydrogen) atoms. The van der Waals surface area contributed by atoms with Crippen LogP contribution in [0.15, 0.2) is 16.6 Å². The van der Waals surface area contributed by atoms with E-state index in [1.807, 2.05) is 0 Å². The Hall–Kier alpha value is -0.770. The molecule has 0 amide bonds. The first-order valence-corrected chi connectivity index (χ1v) is 4.01. The summed E-state index contributed by atoms with van der Waals surface area (Å²) >= 11 is 2.91. The molecule has 1 nitrogen and oxygen atoms in total. The first kappa shape index (κ1) is 9.32. The van der Waals surface area contributed by atoms with E-state index in [1.165, 1.54) is 13.0 Å². The smallest absolute Gasteiger partial charge is 0.140 e. The van der Waals surface area contributed by atoms with Gasteiger partial charge >= 0.3 is 0 Å². The first-order valence-electron chi connectivity index (χ1n) is 3.22. The normalized spacial score (nSPS) is 10.0. The SMILES string of the molecule is CC(=N)c1cc(Br)c(F)cc1F. The maximum absolute atomic E-state index is 12.9. The fourth-order valence-corrected chi connectivity index (χ4v) is 1.15. The average Bonchev–Trinajstić information content (AvgIpc) is 1.96. The summed E-state index contributed by atoms with van der Waals surface area (Å²) in [5.41, 5.74) is 0.191. The molecule has 0 heterocycles. The molecule has 0 saturated carbocycles. The van der Waals surface area contributed by atoms with Crippen molar-refractivity contribution in [2.24, 2.45) is 0 Å². The van der Waals surface area contributed by atoms with Crippen LogP contribution in [0, 0.1) is 17.0 Å². The molecule has 0 spiro atoms. The molecule has 0 aromatic heterocycles. The van der Waals surface area contributed by atoms with Crippen molar-refractivity contribution in [2.75, 3.05) is 0 Å². The van der Waals surface area contributed by atoms with E-state index in [1.54, 1.807) is 0 Å². The van der Waals surface area contributed by atoms with Crippen LogP contribution in [0.25, 0.3) is 0 Å². The van der Waals surface area contributed by atoms with Crippen LogP contribution in [0.5, 0.6) is 0 Å². The van der Waals surface area contributed by atoms with Gasteiger partial charge in [0.25, 0.3) is 0 Å². The van der Waals surface area contributed by atoms with E-state index >= 15 is 0 Å². The van der Waals surface area contributed by atoms with Crippen molar-refractivity contribution < 1.29 is 8.78 Å². The molecule has 0 saturated heterocycles.